The highest BCUT2D eigenvalue weighted by Crippen LogP contribution is 2.20. The zero-order chi connectivity index (χ0) is 22.1. The van der Waals surface area contributed by atoms with E-state index >= 15 is 0 Å². The van der Waals surface area contributed by atoms with E-state index in [0.29, 0.717) is 11.4 Å². The lowest BCUT2D eigenvalue weighted by atomic mass is 10.2. The van der Waals surface area contributed by atoms with Gasteiger partial charge in [0.05, 0.1) is 7.11 Å². The predicted molar refractivity (Wildman–Crippen MR) is 122 cm³/mol. The quantitative estimate of drug-likeness (QED) is 0.520. The Hall–Kier alpha value is -3.32. The number of esters is 1. The maximum atomic E-state index is 12.1. The number of rotatable bonds is 8. The van der Waals surface area contributed by atoms with Crippen LogP contribution >= 0.6 is 0 Å². The van der Waals surface area contributed by atoms with Crippen molar-refractivity contribution in [2.24, 2.45) is 0 Å². The Morgan fingerprint density at radius 1 is 1.03 bits per heavy atom. The molecule has 1 heterocycles. The van der Waals surface area contributed by atoms with Gasteiger partial charge in [0.2, 0.25) is 0 Å². The second kappa shape index (κ2) is 11.2. The summed E-state index contributed by atoms with van der Waals surface area (Å²) in [6.45, 7) is 7.03. The van der Waals surface area contributed by atoms with Crippen molar-refractivity contribution in [3.8, 4) is 5.75 Å². The number of piperazine rings is 1. The van der Waals surface area contributed by atoms with Gasteiger partial charge in [-0.2, -0.15) is 0 Å². The molecular formula is C24H29N3O4. The number of hydrogen-bond acceptors (Lipinski definition) is 6. The molecule has 0 unspecified atom stereocenters. The number of benzene rings is 2. The Balaban J connectivity index is 1.44. The molecule has 0 aromatic heterocycles. The Bertz CT molecular complexity index is 903. The molecular weight excluding hydrogens is 394 g/mol. The first kappa shape index (κ1) is 22.4. The fraction of sp³-hybridized carbons (Fsp3) is 0.333. The first-order valence-corrected chi connectivity index (χ1v) is 10.4. The molecule has 1 amide bonds. The van der Waals surface area contributed by atoms with Gasteiger partial charge in [-0.15, -0.1) is 0 Å². The number of hydrogen-bond donors (Lipinski definition) is 1. The van der Waals surface area contributed by atoms with E-state index in [9.17, 15) is 9.59 Å². The zero-order valence-electron chi connectivity index (χ0n) is 18.0. The highest BCUT2D eigenvalue weighted by molar-refractivity contribution is 5.94. The van der Waals surface area contributed by atoms with E-state index < -0.39 is 5.97 Å². The van der Waals surface area contributed by atoms with Crippen molar-refractivity contribution in [1.82, 2.24) is 4.90 Å². The third-order valence-corrected chi connectivity index (χ3v) is 5.22. The van der Waals surface area contributed by atoms with Crippen LogP contribution in [0.1, 0.15) is 12.5 Å². The van der Waals surface area contributed by atoms with Gasteiger partial charge in [0.25, 0.3) is 5.91 Å². The average molecular weight is 424 g/mol. The number of nitrogens with one attached hydrogen (secondary N) is 1. The van der Waals surface area contributed by atoms with Gasteiger partial charge in [-0.3, -0.25) is 4.79 Å². The van der Waals surface area contributed by atoms with Crippen LogP contribution in [0.4, 0.5) is 11.4 Å². The summed E-state index contributed by atoms with van der Waals surface area (Å²) in [5.41, 5.74) is 2.56. The fourth-order valence-electron chi connectivity index (χ4n) is 3.42. The maximum absolute atomic E-state index is 12.1. The molecule has 2 aromatic carbocycles. The summed E-state index contributed by atoms with van der Waals surface area (Å²) in [5, 5.41) is 2.75. The van der Waals surface area contributed by atoms with Crippen LogP contribution in [0, 0.1) is 0 Å². The summed E-state index contributed by atoms with van der Waals surface area (Å²) in [6.07, 6.45) is 2.87. The standard InChI is InChI=1S/C24H29N3O4/c1-3-26-14-16-27(17-15-26)21-11-9-20(10-12-21)25-23(28)18-31-24(29)13-8-19-6-4-5-7-22(19)30-2/h4-13H,3,14-18H2,1-2H3,(H,25,28)/b13-8+. The minimum atomic E-state index is -0.595. The van der Waals surface area contributed by atoms with E-state index in [-0.39, 0.29) is 12.5 Å². The molecule has 0 spiro atoms. The van der Waals surface area contributed by atoms with E-state index in [1.165, 1.54) is 6.08 Å². The number of amides is 1. The van der Waals surface area contributed by atoms with Crippen LogP contribution in [-0.2, 0) is 14.3 Å². The summed E-state index contributed by atoms with van der Waals surface area (Å²) in [7, 11) is 1.56. The van der Waals surface area contributed by atoms with E-state index in [2.05, 4.69) is 22.0 Å². The lowest BCUT2D eigenvalue weighted by molar-refractivity contribution is -0.142. The molecule has 0 saturated carbocycles. The van der Waals surface area contributed by atoms with Crippen LogP contribution < -0.4 is 15.0 Å². The number of anilines is 2. The second-order valence-electron chi connectivity index (χ2n) is 7.20. The number of carbonyl (C=O) groups excluding carboxylic acids is 2. The molecule has 7 nitrogen and oxygen atoms in total. The van der Waals surface area contributed by atoms with Crippen LogP contribution in [0.25, 0.3) is 6.08 Å². The molecule has 1 aliphatic heterocycles. The second-order valence-corrected chi connectivity index (χ2v) is 7.20. The first-order valence-electron chi connectivity index (χ1n) is 10.4. The van der Waals surface area contributed by atoms with Crippen molar-refractivity contribution < 1.29 is 19.1 Å². The first-order chi connectivity index (χ1) is 15.1. The molecule has 7 heteroatoms. The van der Waals surface area contributed by atoms with E-state index in [1.807, 2.05) is 42.5 Å². The molecule has 0 aliphatic carbocycles. The Labute approximate surface area is 183 Å². The van der Waals surface area contributed by atoms with Crippen LogP contribution in [0.2, 0.25) is 0 Å². The van der Waals surface area contributed by atoms with Gasteiger partial charge < -0.3 is 24.6 Å². The van der Waals surface area contributed by atoms with Crippen LogP contribution in [0.3, 0.4) is 0 Å². The molecule has 1 aliphatic rings. The van der Waals surface area contributed by atoms with Gasteiger partial charge in [-0.05, 0) is 43.0 Å². The van der Waals surface area contributed by atoms with E-state index in [0.717, 1.165) is 44.0 Å². The van der Waals surface area contributed by atoms with E-state index in [1.54, 1.807) is 19.3 Å². The number of carbonyl (C=O) groups is 2. The SMILES string of the molecule is CCN1CCN(c2ccc(NC(=O)COC(=O)/C=C/c3ccccc3OC)cc2)CC1. The lowest BCUT2D eigenvalue weighted by Gasteiger charge is -2.35. The lowest BCUT2D eigenvalue weighted by Crippen LogP contribution is -2.46. The summed E-state index contributed by atoms with van der Waals surface area (Å²) in [4.78, 5) is 28.8. The van der Waals surface area contributed by atoms with Crippen molar-refractivity contribution in [2.45, 2.75) is 6.92 Å². The Morgan fingerprint density at radius 3 is 2.42 bits per heavy atom. The summed E-state index contributed by atoms with van der Waals surface area (Å²) in [5.74, 6) is -0.328. The minimum Gasteiger partial charge on any atom is -0.496 e. The number of nitrogens with zero attached hydrogens (tertiary/aromatic N) is 2. The summed E-state index contributed by atoms with van der Waals surface area (Å²) >= 11 is 0. The average Bonchev–Trinajstić information content (AvgIpc) is 2.82. The number of likely N-dealkylation sites (N-methyl/N-ethyl adjacent to an activating group) is 1. The largest absolute Gasteiger partial charge is 0.496 e. The van der Waals surface area contributed by atoms with Crippen LogP contribution in [0.5, 0.6) is 5.75 Å². The highest BCUT2D eigenvalue weighted by atomic mass is 16.5. The molecule has 0 atom stereocenters. The summed E-state index contributed by atoms with van der Waals surface area (Å²) in [6, 6.07) is 15.0. The molecule has 1 N–H and O–H groups in total. The Kier molecular flexibility index (Phi) is 8.06. The topological polar surface area (TPSA) is 71.1 Å². The molecule has 31 heavy (non-hydrogen) atoms. The van der Waals surface area contributed by atoms with Crippen LogP contribution in [-0.4, -0.2) is 63.2 Å². The van der Waals surface area contributed by atoms with E-state index in [4.69, 9.17) is 9.47 Å². The Morgan fingerprint density at radius 2 is 1.74 bits per heavy atom. The van der Waals surface area contributed by atoms with Crippen molar-refractivity contribution in [1.29, 1.82) is 0 Å². The molecule has 3 rings (SSSR count). The van der Waals surface area contributed by atoms with Crippen LogP contribution in [0.15, 0.2) is 54.6 Å². The van der Waals surface area contributed by atoms with Gasteiger partial charge in [0.1, 0.15) is 5.75 Å². The number of para-hydroxylation sites is 1. The van der Waals surface area contributed by atoms with Crippen molar-refractivity contribution in [2.75, 3.05) is 56.7 Å². The third kappa shape index (κ3) is 6.58. The normalized spacial score (nSPS) is 14.5. The number of methoxy groups -OCH3 is 1. The van der Waals surface area contributed by atoms with Crippen molar-refractivity contribution in [3.63, 3.8) is 0 Å². The molecule has 0 radical (unpaired) electrons. The van der Waals surface area contributed by atoms with Gasteiger partial charge in [0.15, 0.2) is 6.61 Å². The molecule has 1 fully saturated rings. The highest BCUT2D eigenvalue weighted by Gasteiger charge is 2.15. The predicted octanol–water partition coefficient (Wildman–Crippen LogP) is 3.03. The fourth-order valence-corrected chi connectivity index (χ4v) is 3.42. The van der Waals surface area contributed by atoms with Crippen molar-refractivity contribution >= 4 is 29.3 Å². The molecule has 0 bridgehead atoms. The maximum Gasteiger partial charge on any atom is 0.331 e. The smallest absolute Gasteiger partial charge is 0.331 e. The van der Waals surface area contributed by atoms with Gasteiger partial charge >= 0.3 is 5.97 Å². The minimum absolute atomic E-state index is 0.351. The number of ether oxygens (including phenoxy) is 2. The molecule has 1 saturated heterocycles. The van der Waals surface area contributed by atoms with Gasteiger partial charge in [0, 0.05) is 49.2 Å². The monoisotopic (exact) mass is 423 g/mol. The zero-order valence-corrected chi connectivity index (χ0v) is 18.0. The third-order valence-electron chi connectivity index (χ3n) is 5.22. The molecule has 2 aromatic rings. The van der Waals surface area contributed by atoms with Gasteiger partial charge in [-0.1, -0.05) is 25.1 Å². The van der Waals surface area contributed by atoms with Gasteiger partial charge in [-0.25, -0.2) is 4.79 Å². The van der Waals surface area contributed by atoms with Crippen molar-refractivity contribution in [3.05, 3.63) is 60.2 Å². The molecule has 164 valence electrons. The summed E-state index contributed by atoms with van der Waals surface area (Å²) < 4.78 is 10.2.